The average molecular weight is 318 g/mol. The number of benzene rings is 2. The molecular formula is C20H18N2O2. The first-order chi connectivity index (χ1) is 11.8. The lowest BCUT2D eigenvalue weighted by atomic mass is 9.92. The lowest BCUT2D eigenvalue weighted by Crippen LogP contribution is -2.32. The summed E-state index contributed by atoms with van der Waals surface area (Å²) in [5.74, 6) is 0.716. The normalized spacial score (nSPS) is 16.2. The summed E-state index contributed by atoms with van der Waals surface area (Å²) in [6, 6.07) is 17.7. The number of nitrogens with zero attached hydrogens (tertiary/aromatic N) is 1. The standard InChI is InChI=1S/C20H18N2O2/c23-20(17-10-12-24-19-8-4-2-6-16(17)19)22-13-14-9-11-21-18-7-3-1-5-15(14)18/h1-9,11,17H,10,12-13H2,(H,22,23)/t17-/m1/s1. The number of pyridine rings is 1. The maximum Gasteiger partial charge on any atom is 0.228 e. The summed E-state index contributed by atoms with van der Waals surface area (Å²) in [5.41, 5.74) is 3.00. The van der Waals surface area contributed by atoms with Crippen molar-refractivity contribution in [1.29, 1.82) is 0 Å². The van der Waals surface area contributed by atoms with E-state index in [0.29, 0.717) is 19.6 Å². The Balaban J connectivity index is 1.53. The summed E-state index contributed by atoms with van der Waals surface area (Å²) in [6.45, 7) is 1.08. The zero-order valence-corrected chi connectivity index (χ0v) is 13.2. The second-order valence-corrected chi connectivity index (χ2v) is 5.93. The highest BCUT2D eigenvalue weighted by Gasteiger charge is 2.27. The molecule has 120 valence electrons. The van der Waals surface area contributed by atoms with E-state index in [1.165, 1.54) is 0 Å². The van der Waals surface area contributed by atoms with Crippen molar-refractivity contribution in [3.63, 3.8) is 0 Å². The topological polar surface area (TPSA) is 51.2 Å². The molecule has 1 atom stereocenters. The number of carbonyl (C=O) groups is 1. The van der Waals surface area contributed by atoms with Crippen molar-refractivity contribution in [2.75, 3.05) is 6.61 Å². The lowest BCUT2D eigenvalue weighted by Gasteiger charge is -2.25. The molecule has 0 spiro atoms. The summed E-state index contributed by atoms with van der Waals surface area (Å²) < 4.78 is 5.64. The molecule has 1 aromatic heterocycles. The first kappa shape index (κ1) is 14.7. The molecule has 4 rings (SSSR count). The van der Waals surface area contributed by atoms with Gasteiger partial charge < -0.3 is 10.1 Å². The van der Waals surface area contributed by atoms with Crippen molar-refractivity contribution in [3.8, 4) is 5.75 Å². The maximum absolute atomic E-state index is 12.7. The zero-order chi connectivity index (χ0) is 16.4. The molecule has 2 heterocycles. The third-order valence-electron chi connectivity index (χ3n) is 4.47. The van der Waals surface area contributed by atoms with Crippen molar-refractivity contribution in [1.82, 2.24) is 10.3 Å². The van der Waals surface area contributed by atoms with Gasteiger partial charge in [-0.2, -0.15) is 0 Å². The molecule has 2 aromatic carbocycles. The Bertz CT molecular complexity index is 886. The molecule has 4 heteroatoms. The summed E-state index contributed by atoms with van der Waals surface area (Å²) in [5, 5.41) is 4.16. The minimum Gasteiger partial charge on any atom is -0.493 e. The number of fused-ring (bicyclic) bond motifs is 2. The molecule has 1 N–H and O–H groups in total. The number of aromatic nitrogens is 1. The molecule has 3 aromatic rings. The van der Waals surface area contributed by atoms with Crippen LogP contribution in [0, 0.1) is 0 Å². The number of hydrogen-bond donors (Lipinski definition) is 1. The van der Waals surface area contributed by atoms with Crippen molar-refractivity contribution in [2.45, 2.75) is 18.9 Å². The van der Waals surface area contributed by atoms with Crippen LogP contribution in [0.1, 0.15) is 23.5 Å². The van der Waals surface area contributed by atoms with Gasteiger partial charge >= 0.3 is 0 Å². The van der Waals surface area contributed by atoms with Gasteiger partial charge in [0.1, 0.15) is 5.75 Å². The van der Waals surface area contributed by atoms with Crippen LogP contribution in [0.25, 0.3) is 10.9 Å². The molecule has 0 aliphatic carbocycles. The van der Waals surface area contributed by atoms with Crippen molar-refractivity contribution < 1.29 is 9.53 Å². The second-order valence-electron chi connectivity index (χ2n) is 5.93. The maximum atomic E-state index is 12.7. The lowest BCUT2D eigenvalue weighted by molar-refractivity contribution is -0.123. The van der Waals surface area contributed by atoms with Gasteiger partial charge in [-0.3, -0.25) is 9.78 Å². The number of para-hydroxylation sites is 2. The van der Waals surface area contributed by atoms with Crippen LogP contribution in [0.4, 0.5) is 0 Å². The van der Waals surface area contributed by atoms with Gasteiger partial charge in [-0.1, -0.05) is 36.4 Å². The highest BCUT2D eigenvalue weighted by molar-refractivity contribution is 5.86. The van der Waals surface area contributed by atoms with Gasteiger partial charge in [0.2, 0.25) is 5.91 Å². The van der Waals surface area contributed by atoms with E-state index in [-0.39, 0.29) is 11.8 Å². The van der Waals surface area contributed by atoms with E-state index in [1.807, 2.05) is 54.6 Å². The minimum atomic E-state index is -0.150. The number of ether oxygens (including phenoxy) is 1. The average Bonchev–Trinajstić information content (AvgIpc) is 2.65. The van der Waals surface area contributed by atoms with Gasteiger partial charge in [0.15, 0.2) is 0 Å². The summed E-state index contributed by atoms with van der Waals surface area (Å²) in [7, 11) is 0. The first-order valence-corrected chi connectivity index (χ1v) is 8.15. The van der Waals surface area contributed by atoms with Gasteiger partial charge in [-0.15, -0.1) is 0 Å². The molecule has 0 saturated carbocycles. The molecule has 24 heavy (non-hydrogen) atoms. The van der Waals surface area contributed by atoms with E-state index in [9.17, 15) is 4.79 Å². The first-order valence-electron chi connectivity index (χ1n) is 8.15. The summed E-state index contributed by atoms with van der Waals surface area (Å²) >= 11 is 0. The molecule has 0 bridgehead atoms. The minimum absolute atomic E-state index is 0.0478. The van der Waals surface area contributed by atoms with Crippen molar-refractivity contribution in [3.05, 3.63) is 71.9 Å². The van der Waals surface area contributed by atoms with Crippen LogP contribution in [-0.2, 0) is 11.3 Å². The molecular weight excluding hydrogens is 300 g/mol. The summed E-state index contributed by atoms with van der Waals surface area (Å²) in [6.07, 6.45) is 2.49. The van der Waals surface area contributed by atoms with Crippen LogP contribution in [-0.4, -0.2) is 17.5 Å². The van der Waals surface area contributed by atoms with Gasteiger partial charge in [-0.25, -0.2) is 0 Å². The van der Waals surface area contributed by atoms with Gasteiger partial charge in [0.25, 0.3) is 0 Å². The van der Waals surface area contributed by atoms with Gasteiger partial charge in [0, 0.05) is 23.7 Å². The molecule has 0 saturated heterocycles. The zero-order valence-electron chi connectivity index (χ0n) is 13.2. The molecule has 4 nitrogen and oxygen atoms in total. The van der Waals surface area contributed by atoms with Crippen LogP contribution >= 0.6 is 0 Å². The van der Waals surface area contributed by atoms with E-state index >= 15 is 0 Å². The van der Waals surface area contributed by atoms with Crippen LogP contribution < -0.4 is 10.1 Å². The van der Waals surface area contributed by atoms with Gasteiger partial charge in [-0.05, 0) is 30.2 Å². The van der Waals surface area contributed by atoms with Crippen molar-refractivity contribution >= 4 is 16.8 Å². The predicted molar refractivity (Wildman–Crippen MR) is 92.9 cm³/mol. The van der Waals surface area contributed by atoms with Crippen LogP contribution in [0.2, 0.25) is 0 Å². The van der Waals surface area contributed by atoms with Crippen LogP contribution in [0.5, 0.6) is 5.75 Å². The number of nitrogens with one attached hydrogen (secondary N) is 1. The predicted octanol–water partition coefficient (Wildman–Crippen LogP) is 3.42. The Labute approximate surface area is 140 Å². The fraction of sp³-hybridized carbons (Fsp3) is 0.200. The monoisotopic (exact) mass is 318 g/mol. The molecule has 1 aliphatic rings. The molecule has 0 radical (unpaired) electrons. The Morgan fingerprint density at radius 1 is 1.12 bits per heavy atom. The third-order valence-corrected chi connectivity index (χ3v) is 4.47. The van der Waals surface area contributed by atoms with Crippen LogP contribution in [0.15, 0.2) is 60.8 Å². The highest BCUT2D eigenvalue weighted by atomic mass is 16.5. The van der Waals surface area contributed by atoms with Gasteiger partial charge in [0.05, 0.1) is 18.0 Å². The fourth-order valence-corrected chi connectivity index (χ4v) is 3.23. The second kappa shape index (κ2) is 6.32. The Morgan fingerprint density at radius 2 is 1.96 bits per heavy atom. The number of hydrogen-bond acceptors (Lipinski definition) is 3. The van der Waals surface area contributed by atoms with E-state index in [1.54, 1.807) is 6.20 Å². The van der Waals surface area contributed by atoms with E-state index < -0.39 is 0 Å². The van der Waals surface area contributed by atoms with E-state index in [2.05, 4.69) is 10.3 Å². The smallest absolute Gasteiger partial charge is 0.228 e. The van der Waals surface area contributed by atoms with Crippen LogP contribution in [0.3, 0.4) is 0 Å². The fourth-order valence-electron chi connectivity index (χ4n) is 3.23. The number of carbonyl (C=O) groups excluding carboxylic acids is 1. The Morgan fingerprint density at radius 3 is 2.92 bits per heavy atom. The molecule has 0 fully saturated rings. The SMILES string of the molecule is O=C(NCc1ccnc2ccccc12)[C@@H]1CCOc2ccccc21. The third kappa shape index (κ3) is 2.71. The molecule has 1 aliphatic heterocycles. The molecule has 1 amide bonds. The molecule has 0 unspecified atom stereocenters. The number of amides is 1. The number of rotatable bonds is 3. The quantitative estimate of drug-likeness (QED) is 0.805. The Hall–Kier alpha value is -2.88. The van der Waals surface area contributed by atoms with Crippen molar-refractivity contribution in [2.24, 2.45) is 0 Å². The van der Waals surface area contributed by atoms with E-state index in [0.717, 1.165) is 27.8 Å². The summed E-state index contributed by atoms with van der Waals surface area (Å²) in [4.78, 5) is 17.0. The largest absolute Gasteiger partial charge is 0.493 e. The highest BCUT2D eigenvalue weighted by Crippen LogP contribution is 2.33. The Kier molecular flexibility index (Phi) is 3.87. The van der Waals surface area contributed by atoms with E-state index in [4.69, 9.17) is 4.74 Å².